The standard InChI is InChI=1S/C13H15BrN2O2/c14-10-3-1-9(2-4-10)7-8-15-13(18)11-5-6-12(17)16-11/h1-4,11H,5-8H2,(H,15,18)(H,16,17). The van der Waals surface area contributed by atoms with Crippen LogP contribution in [0.3, 0.4) is 0 Å². The molecule has 1 aromatic carbocycles. The molecule has 1 saturated heterocycles. The van der Waals surface area contributed by atoms with Crippen molar-refractivity contribution in [2.75, 3.05) is 6.54 Å². The molecular weight excluding hydrogens is 296 g/mol. The molecule has 1 unspecified atom stereocenters. The topological polar surface area (TPSA) is 58.2 Å². The summed E-state index contributed by atoms with van der Waals surface area (Å²) < 4.78 is 1.05. The maximum absolute atomic E-state index is 11.7. The average Bonchev–Trinajstić information content (AvgIpc) is 2.78. The van der Waals surface area contributed by atoms with Gasteiger partial charge < -0.3 is 10.6 Å². The summed E-state index contributed by atoms with van der Waals surface area (Å²) in [7, 11) is 0. The molecule has 2 amide bonds. The van der Waals surface area contributed by atoms with E-state index in [-0.39, 0.29) is 17.9 Å². The summed E-state index contributed by atoms with van der Waals surface area (Å²) >= 11 is 3.38. The van der Waals surface area contributed by atoms with Crippen LogP contribution in [-0.4, -0.2) is 24.4 Å². The van der Waals surface area contributed by atoms with Crippen LogP contribution in [0.25, 0.3) is 0 Å². The summed E-state index contributed by atoms with van der Waals surface area (Å²) in [4.78, 5) is 22.7. The van der Waals surface area contributed by atoms with Gasteiger partial charge >= 0.3 is 0 Å². The summed E-state index contributed by atoms with van der Waals surface area (Å²) in [5.41, 5.74) is 1.17. The Kier molecular flexibility index (Phi) is 4.36. The fourth-order valence-corrected chi connectivity index (χ4v) is 2.18. The Morgan fingerprint density at radius 3 is 2.72 bits per heavy atom. The van der Waals surface area contributed by atoms with Crippen molar-refractivity contribution in [2.24, 2.45) is 0 Å². The van der Waals surface area contributed by atoms with Crippen molar-refractivity contribution in [3.63, 3.8) is 0 Å². The second-order valence-electron chi connectivity index (χ2n) is 4.33. The molecule has 1 aromatic rings. The molecule has 1 heterocycles. The molecule has 0 spiro atoms. The van der Waals surface area contributed by atoms with Crippen molar-refractivity contribution in [1.82, 2.24) is 10.6 Å². The van der Waals surface area contributed by atoms with E-state index in [0.29, 0.717) is 19.4 Å². The van der Waals surface area contributed by atoms with E-state index in [1.165, 1.54) is 5.56 Å². The second kappa shape index (κ2) is 6.00. The Balaban J connectivity index is 1.73. The number of rotatable bonds is 4. The molecule has 2 rings (SSSR count). The first-order chi connectivity index (χ1) is 8.65. The Morgan fingerprint density at radius 1 is 1.39 bits per heavy atom. The van der Waals surface area contributed by atoms with Gasteiger partial charge in [0.05, 0.1) is 0 Å². The maximum Gasteiger partial charge on any atom is 0.242 e. The second-order valence-corrected chi connectivity index (χ2v) is 5.24. The number of benzene rings is 1. The molecule has 0 saturated carbocycles. The molecule has 1 aliphatic rings. The van der Waals surface area contributed by atoms with E-state index in [9.17, 15) is 9.59 Å². The predicted molar refractivity (Wildman–Crippen MR) is 72.0 cm³/mol. The van der Waals surface area contributed by atoms with Crippen LogP contribution in [0.1, 0.15) is 18.4 Å². The minimum atomic E-state index is -0.345. The average molecular weight is 311 g/mol. The number of hydrogen-bond acceptors (Lipinski definition) is 2. The van der Waals surface area contributed by atoms with Crippen LogP contribution in [0, 0.1) is 0 Å². The lowest BCUT2D eigenvalue weighted by atomic mass is 10.1. The molecule has 1 atom stereocenters. The zero-order valence-corrected chi connectivity index (χ0v) is 11.5. The SMILES string of the molecule is O=C1CCC(C(=O)NCCc2ccc(Br)cc2)N1. The van der Waals surface area contributed by atoms with Gasteiger partial charge in [0.1, 0.15) is 6.04 Å². The lowest BCUT2D eigenvalue weighted by Crippen LogP contribution is -2.42. The summed E-state index contributed by atoms with van der Waals surface area (Å²) in [6.45, 7) is 0.590. The van der Waals surface area contributed by atoms with Crippen molar-refractivity contribution in [2.45, 2.75) is 25.3 Å². The van der Waals surface area contributed by atoms with Gasteiger partial charge in [0, 0.05) is 17.4 Å². The molecule has 1 aliphatic heterocycles. The van der Waals surface area contributed by atoms with Crippen molar-refractivity contribution in [3.05, 3.63) is 34.3 Å². The number of carbonyl (C=O) groups excluding carboxylic acids is 2. The van der Waals surface area contributed by atoms with Gasteiger partial charge in [0.2, 0.25) is 11.8 Å². The molecule has 1 fully saturated rings. The first kappa shape index (κ1) is 13.1. The van der Waals surface area contributed by atoms with E-state index in [0.717, 1.165) is 10.9 Å². The monoisotopic (exact) mass is 310 g/mol. The molecule has 0 radical (unpaired) electrons. The minimum absolute atomic E-state index is 0.0388. The Bertz CT molecular complexity index is 445. The quantitative estimate of drug-likeness (QED) is 0.883. The number of halogens is 1. The lowest BCUT2D eigenvalue weighted by Gasteiger charge is -2.10. The number of nitrogens with one attached hydrogen (secondary N) is 2. The van der Waals surface area contributed by atoms with Crippen LogP contribution < -0.4 is 10.6 Å². The molecule has 5 heteroatoms. The molecule has 96 valence electrons. The van der Waals surface area contributed by atoms with E-state index in [1.807, 2.05) is 24.3 Å². The highest BCUT2D eigenvalue weighted by Gasteiger charge is 2.26. The fourth-order valence-electron chi connectivity index (χ4n) is 1.92. The van der Waals surface area contributed by atoms with Crippen LogP contribution in [0.5, 0.6) is 0 Å². The number of amides is 2. The third-order valence-corrected chi connectivity index (χ3v) is 3.47. The maximum atomic E-state index is 11.7. The van der Waals surface area contributed by atoms with Gasteiger partial charge in [-0.1, -0.05) is 28.1 Å². The minimum Gasteiger partial charge on any atom is -0.354 e. The fraction of sp³-hybridized carbons (Fsp3) is 0.385. The zero-order chi connectivity index (χ0) is 13.0. The van der Waals surface area contributed by atoms with Gasteiger partial charge in [-0.25, -0.2) is 0 Å². The normalized spacial score (nSPS) is 18.5. The molecule has 18 heavy (non-hydrogen) atoms. The van der Waals surface area contributed by atoms with Crippen LogP contribution >= 0.6 is 15.9 Å². The summed E-state index contributed by atoms with van der Waals surface area (Å²) in [6, 6.07) is 7.66. The van der Waals surface area contributed by atoms with Gasteiger partial charge in [0.25, 0.3) is 0 Å². The van der Waals surface area contributed by atoms with E-state index < -0.39 is 0 Å². The van der Waals surface area contributed by atoms with Crippen LogP contribution in [0.2, 0.25) is 0 Å². The predicted octanol–water partition coefficient (Wildman–Crippen LogP) is 1.39. The zero-order valence-electron chi connectivity index (χ0n) is 9.91. The van der Waals surface area contributed by atoms with Gasteiger partial charge in [0.15, 0.2) is 0 Å². The van der Waals surface area contributed by atoms with Crippen molar-refractivity contribution < 1.29 is 9.59 Å². The third kappa shape index (κ3) is 3.57. The number of hydrogen-bond donors (Lipinski definition) is 2. The van der Waals surface area contributed by atoms with Gasteiger partial charge in [-0.2, -0.15) is 0 Å². The first-order valence-corrected chi connectivity index (χ1v) is 6.76. The third-order valence-electron chi connectivity index (χ3n) is 2.94. The Labute approximate surface area is 114 Å². The van der Waals surface area contributed by atoms with E-state index >= 15 is 0 Å². The summed E-state index contributed by atoms with van der Waals surface area (Å²) in [6.07, 6.45) is 1.84. The van der Waals surface area contributed by atoms with Crippen LogP contribution in [0.4, 0.5) is 0 Å². The molecule has 0 aromatic heterocycles. The molecular formula is C13H15BrN2O2. The Hall–Kier alpha value is -1.36. The molecule has 4 nitrogen and oxygen atoms in total. The largest absolute Gasteiger partial charge is 0.354 e. The number of carbonyl (C=O) groups is 2. The van der Waals surface area contributed by atoms with Crippen LogP contribution in [0.15, 0.2) is 28.7 Å². The Morgan fingerprint density at radius 2 is 2.11 bits per heavy atom. The van der Waals surface area contributed by atoms with Crippen molar-refractivity contribution >= 4 is 27.7 Å². The van der Waals surface area contributed by atoms with E-state index in [1.54, 1.807) is 0 Å². The highest BCUT2D eigenvalue weighted by Crippen LogP contribution is 2.10. The van der Waals surface area contributed by atoms with Crippen molar-refractivity contribution in [1.29, 1.82) is 0 Å². The molecule has 0 aliphatic carbocycles. The molecule has 0 bridgehead atoms. The first-order valence-electron chi connectivity index (χ1n) is 5.96. The highest BCUT2D eigenvalue weighted by atomic mass is 79.9. The van der Waals surface area contributed by atoms with Gasteiger partial charge in [-0.3, -0.25) is 9.59 Å². The van der Waals surface area contributed by atoms with Gasteiger partial charge in [-0.15, -0.1) is 0 Å². The van der Waals surface area contributed by atoms with Crippen molar-refractivity contribution in [3.8, 4) is 0 Å². The molecule has 2 N–H and O–H groups in total. The van der Waals surface area contributed by atoms with Gasteiger partial charge in [-0.05, 0) is 30.5 Å². The smallest absolute Gasteiger partial charge is 0.242 e. The van der Waals surface area contributed by atoms with E-state index in [2.05, 4.69) is 26.6 Å². The lowest BCUT2D eigenvalue weighted by molar-refractivity contribution is -0.125. The summed E-state index contributed by atoms with van der Waals surface area (Å²) in [5.74, 6) is -0.124. The highest BCUT2D eigenvalue weighted by molar-refractivity contribution is 9.10. The van der Waals surface area contributed by atoms with Crippen LogP contribution in [-0.2, 0) is 16.0 Å². The summed E-state index contributed by atoms with van der Waals surface area (Å²) in [5, 5.41) is 5.50. The van der Waals surface area contributed by atoms with E-state index in [4.69, 9.17) is 0 Å².